The van der Waals surface area contributed by atoms with Gasteiger partial charge in [-0.2, -0.15) is 0 Å². The van der Waals surface area contributed by atoms with Crippen LogP contribution in [-0.2, 0) is 6.42 Å². The maximum atomic E-state index is 5.69. The molecule has 0 aromatic heterocycles. The average molecular weight is 257 g/mol. The highest BCUT2D eigenvalue weighted by Crippen LogP contribution is 2.39. The number of hydrogen-bond acceptors (Lipinski definition) is 3. The van der Waals surface area contributed by atoms with Crippen LogP contribution in [0.2, 0.25) is 0 Å². The lowest BCUT2D eigenvalue weighted by molar-refractivity contribution is 0.397. The van der Waals surface area contributed by atoms with E-state index in [1.54, 1.807) is 14.2 Å². The van der Waals surface area contributed by atoms with E-state index < -0.39 is 0 Å². The molecule has 2 aromatic carbocycles. The molecule has 0 aliphatic rings. The molecule has 0 heterocycles. The average Bonchev–Trinajstić information content (AvgIpc) is 2.47. The first-order valence-corrected chi connectivity index (χ1v) is 6.31. The molecule has 0 saturated carbocycles. The van der Waals surface area contributed by atoms with Crippen LogP contribution in [0.3, 0.4) is 0 Å². The van der Waals surface area contributed by atoms with Gasteiger partial charge < -0.3 is 15.2 Å². The Balaban J connectivity index is 2.63. The Morgan fingerprint density at radius 1 is 0.895 bits per heavy atom. The van der Waals surface area contributed by atoms with E-state index in [-0.39, 0.29) is 0 Å². The van der Waals surface area contributed by atoms with Crippen molar-refractivity contribution in [3.8, 4) is 22.6 Å². The normalized spacial score (nSPS) is 10.3. The van der Waals surface area contributed by atoms with Crippen molar-refractivity contribution in [1.29, 1.82) is 0 Å². The third-order valence-electron chi connectivity index (χ3n) is 3.13. The van der Waals surface area contributed by atoms with E-state index in [1.165, 1.54) is 5.56 Å². The fourth-order valence-electron chi connectivity index (χ4n) is 2.25. The molecule has 0 saturated heterocycles. The van der Waals surface area contributed by atoms with Crippen molar-refractivity contribution in [2.24, 2.45) is 5.73 Å². The van der Waals surface area contributed by atoms with Gasteiger partial charge in [-0.05, 0) is 36.2 Å². The van der Waals surface area contributed by atoms with Gasteiger partial charge in [-0.1, -0.05) is 30.3 Å². The van der Waals surface area contributed by atoms with E-state index >= 15 is 0 Å². The smallest absolute Gasteiger partial charge is 0.130 e. The van der Waals surface area contributed by atoms with Gasteiger partial charge in [0.15, 0.2) is 0 Å². The van der Waals surface area contributed by atoms with Gasteiger partial charge >= 0.3 is 0 Å². The third kappa shape index (κ3) is 2.71. The number of rotatable bonds is 5. The van der Waals surface area contributed by atoms with E-state index in [0.717, 1.165) is 29.0 Å². The first-order valence-electron chi connectivity index (χ1n) is 6.31. The summed E-state index contributed by atoms with van der Waals surface area (Å²) in [5, 5.41) is 0. The second kappa shape index (κ2) is 6.25. The molecule has 0 spiro atoms. The summed E-state index contributed by atoms with van der Waals surface area (Å²) in [5.74, 6) is 1.62. The maximum absolute atomic E-state index is 5.69. The van der Waals surface area contributed by atoms with Crippen LogP contribution in [0.15, 0.2) is 42.5 Å². The zero-order valence-corrected chi connectivity index (χ0v) is 11.3. The fourth-order valence-corrected chi connectivity index (χ4v) is 2.25. The summed E-state index contributed by atoms with van der Waals surface area (Å²) in [7, 11) is 3.34. The number of benzene rings is 2. The van der Waals surface area contributed by atoms with E-state index in [4.69, 9.17) is 15.2 Å². The number of ether oxygens (including phenoxy) is 2. The fraction of sp³-hybridized carbons (Fsp3) is 0.250. The standard InChI is InChI=1S/C16H19NO2/c1-18-14-8-5-9-15(19-2)16(14)13-7-4-3-6-12(13)10-11-17/h3-9H,10-11,17H2,1-2H3. The van der Waals surface area contributed by atoms with Gasteiger partial charge in [0.1, 0.15) is 11.5 Å². The highest BCUT2D eigenvalue weighted by atomic mass is 16.5. The van der Waals surface area contributed by atoms with E-state index in [9.17, 15) is 0 Å². The number of methoxy groups -OCH3 is 2. The first-order chi connectivity index (χ1) is 9.31. The molecule has 100 valence electrons. The predicted molar refractivity (Wildman–Crippen MR) is 77.7 cm³/mol. The van der Waals surface area contributed by atoms with Crippen LogP contribution in [0, 0.1) is 0 Å². The molecule has 2 N–H and O–H groups in total. The largest absolute Gasteiger partial charge is 0.496 e. The van der Waals surface area contributed by atoms with Crippen molar-refractivity contribution in [2.45, 2.75) is 6.42 Å². The molecule has 2 aromatic rings. The van der Waals surface area contributed by atoms with Crippen LogP contribution >= 0.6 is 0 Å². The van der Waals surface area contributed by atoms with Gasteiger partial charge in [0.05, 0.1) is 19.8 Å². The minimum Gasteiger partial charge on any atom is -0.496 e. The lowest BCUT2D eigenvalue weighted by Crippen LogP contribution is -2.04. The van der Waals surface area contributed by atoms with Crippen LogP contribution in [-0.4, -0.2) is 20.8 Å². The topological polar surface area (TPSA) is 44.5 Å². The lowest BCUT2D eigenvalue weighted by Gasteiger charge is -2.16. The molecule has 0 radical (unpaired) electrons. The van der Waals surface area contributed by atoms with Gasteiger partial charge in [0.25, 0.3) is 0 Å². The van der Waals surface area contributed by atoms with E-state index in [2.05, 4.69) is 12.1 Å². The molecule has 0 aliphatic carbocycles. The molecule has 0 amide bonds. The van der Waals surface area contributed by atoms with Crippen molar-refractivity contribution in [3.05, 3.63) is 48.0 Å². The van der Waals surface area contributed by atoms with Crippen LogP contribution in [0.1, 0.15) is 5.56 Å². The highest BCUT2D eigenvalue weighted by Gasteiger charge is 2.14. The summed E-state index contributed by atoms with van der Waals surface area (Å²) in [6.45, 7) is 0.620. The Morgan fingerprint density at radius 3 is 2.11 bits per heavy atom. The summed E-state index contributed by atoms with van der Waals surface area (Å²) in [6.07, 6.45) is 0.831. The Kier molecular flexibility index (Phi) is 4.42. The molecule has 2 rings (SSSR count). The molecule has 0 bridgehead atoms. The summed E-state index contributed by atoms with van der Waals surface area (Å²) < 4.78 is 10.9. The van der Waals surface area contributed by atoms with Crippen LogP contribution in [0.4, 0.5) is 0 Å². The van der Waals surface area contributed by atoms with Crippen LogP contribution < -0.4 is 15.2 Å². The second-order valence-corrected chi connectivity index (χ2v) is 4.23. The summed E-state index contributed by atoms with van der Waals surface area (Å²) in [6, 6.07) is 14.0. The quantitative estimate of drug-likeness (QED) is 0.895. The molecule has 0 unspecified atom stereocenters. The van der Waals surface area contributed by atoms with Crippen molar-refractivity contribution in [3.63, 3.8) is 0 Å². The first kappa shape index (κ1) is 13.4. The Labute approximate surface area is 114 Å². The molecule has 3 heteroatoms. The van der Waals surface area contributed by atoms with Gasteiger partial charge in [-0.15, -0.1) is 0 Å². The minimum absolute atomic E-state index is 0.620. The zero-order chi connectivity index (χ0) is 13.7. The molecule has 3 nitrogen and oxygen atoms in total. The van der Waals surface area contributed by atoms with Crippen molar-refractivity contribution < 1.29 is 9.47 Å². The molecular formula is C16H19NO2. The van der Waals surface area contributed by atoms with Gasteiger partial charge in [-0.25, -0.2) is 0 Å². The molecule has 0 atom stereocenters. The van der Waals surface area contributed by atoms with Crippen molar-refractivity contribution in [1.82, 2.24) is 0 Å². The van der Waals surface area contributed by atoms with Gasteiger partial charge in [0, 0.05) is 0 Å². The SMILES string of the molecule is COc1cccc(OC)c1-c1ccccc1CCN. The second-order valence-electron chi connectivity index (χ2n) is 4.23. The van der Waals surface area contributed by atoms with Gasteiger partial charge in [0.2, 0.25) is 0 Å². The van der Waals surface area contributed by atoms with Crippen LogP contribution in [0.5, 0.6) is 11.5 Å². The van der Waals surface area contributed by atoms with Crippen molar-refractivity contribution >= 4 is 0 Å². The Morgan fingerprint density at radius 2 is 1.53 bits per heavy atom. The monoisotopic (exact) mass is 257 g/mol. The molecular weight excluding hydrogens is 238 g/mol. The predicted octanol–water partition coefficient (Wildman–Crippen LogP) is 2.87. The third-order valence-corrected chi connectivity index (χ3v) is 3.13. The summed E-state index contributed by atoms with van der Waals surface area (Å²) in [4.78, 5) is 0. The van der Waals surface area contributed by atoms with Gasteiger partial charge in [-0.3, -0.25) is 0 Å². The number of hydrogen-bond donors (Lipinski definition) is 1. The Hall–Kier alpha value is -2.00. The molecule has 0 aliphatic heterocycles. The molecule has 0 fully saturated rings. The molecule has 19 heavy (non-hydrogen) atoms. The number of nitrogens with two attached hydrogens (primary N) is 1. The highest BCUT2D eigenvalue weighted by molar-refractivity contribution is 5.79. The lowest BCUT2D eigenvalue weighted by atomic mass is 9.96. The summed E-state index contributed by atoms with van der Waals surface area (Å²) in [5.41, 5.74) is 8.98. The zero-order valence-electron chi connectivity index (χ0n) is 11.3. The van der Waals surface area contributed by atoms with Crippen molar-refractivity contribution in [2.75, 3.05) is 20.8 Å². The van der Waals surface area contributed by atoms with E-state index in [0.29, 0.717) is 6.54 Å². The summed E-state index contributed by atoms with van der Waals surface area (Å²) >= 11 is 0. The minimum atomic E-state index is 0.620. The van der Waals surface area contributed by atoms with E-state index in [1.807, 2.05) is 30.3 Å². The maximum Gasteiger partial charge on any atom is 0.130 e. The Bertz CT molecular complexity index is 530. The van der Waals surface area contributed by atoms with Crippen LogP contribution in [0.25, 0.3) is 11.1 Å².